The number of thioether (sulfide) groups is 1. The number of rotatable bonds is 14. The van der Waals surface area contributed by atoms with Gasteiger partial charge in [-0.15, -0.1) is 0 Å². The number of phenols is 1. The van der Waals surface area contributed by atoms with Crippen molar-refractivity contribution in [2.45, 2.75) is 64.3 Å². The molecule has 8 heteroatoms. The Balaban J connectivity index is 0.000000293. The first kappa shape index (κ1) is 35.3. The van der Waals surface area contributed by atoms with Crippen LogP contribution < -0.4 is 11.5 Å². The Kier molecular flexibility index (Phi) is 16.5. The van der Waals surface area contributed by atoms with Crippen LogP contribution >= 0.6 is 11.8 Å². The molecule has 0 aliphatic carbocycles. The fourth-order valence-corrected chi connectivity index (χ4v) is 5.59. The van der Waals surface area contributed by atoms with Gasteiger partial charge in [0.05, 0.1) is 6.04 Å². The van der Waals surface area contributed by atoms with Crippen LogP contribution in [0.4, 0.5) is 0 Å². The summed E-state index contributed by atoms with van der Waals surface area (Å²) in [5, 5.41) is 10.4. The number of primary amides is 1. The maximum atomic E-state index is 12.2. The van der Waals surface area contributed by atoms with E-state index in [4.69, 9.17) is 21.4 Å². The van der Waals surface area contributed by atoms with Gasteiger partial charge >= 0.3 is 0 Å². The average Bonchev–Trinajstić information content (AvgIpc) is 3.42. The average molecular weight is 604 g/mol. The molecule has 0 radical (unpaired) electrons. The van der Waals surface area contributed by atoms with E-state index in [-0.39, 0.29) is 11.0 Å². The van der Waals surface area contributed by atoms with Crippen molar-refractivity contribution >= 4 is 40.5 Å². The summed E-state index contributed by atoms with van der Waals surface area (Å²) in [4.78, 5) is 34.2. The summed E-state index contributed by atoms with van der Waals surface area (Å²) in [6, 6.07) is 25.2. The number of nitrogens with one attached hydrogen (secondary N) is 1. The molecule has 4 rings (SSSR count). The van der Waals surface area contributed by atoms with Crippen LogP contribution in [-0.4, -0.2) is 39.7 Å². The summed E-state index contributed by atoms with van der Waals surface area (Å²) in [5.41, 5.74) is 15.9. The topological polar surface area (TPSA) is 139 Å². The van der Waals surface area contributed by atoms with Crippen molar-refractivity contribution in [1.29, 1.82) is 0 Å². The van der Waals surface area contributed by atoms with E-state index in [0.29, 0.717) is 24.5 Å². The molecule has 43 heavy (non-hydrogen) atoms. The molecule has 0 bridgehead atoms. The molecule has 0 unspecified atom stereocenters. The molecule has 0 spiro atoms. The Labute approximate surface area is 259 Å². The zero-order chi connectivity index (χ0) is 31.5. The van der Waals surface area contributed by atoms with Crippen molar-refractivity contribution in [2.24, 2.45) is 17.4 Å². The van der Waals surface area contributed by atoms with Crippen LogP contribution in [0, 0.1) is 5.92 Å². The van der Waals surface area contributed by atoms with E-state index in [1.54, 1.807) is 12.1 Å². The van der Waals surface area contributed by atoms with Crippen LogP contribution in [0.3, 0.4) is 0 Å². The highest BCUT2D eigenvalue weighted by molar-refractivity contribution is 8.13. The number of phenolic OH excluding ortho intramolecular Hbond substituents is 1. The van der Waals surface area contributed by atoms with Gasteiger partial charge in [-0.1, -0.05) is 98.6 Å². The largest absolute Gasteiger partial charge is 0.508 e. The predicted molar refractivity (Wildman–Crippen MR) is 178 cm³/mol. The van der Waals surface area contributed by atoms with Crippen molar-refractivity contribution in [3.8, 4) is 5.75 Å². The Hall–Kier alpha value is -3.88. The van der Waals surface area contributed by atoms with Crippen molar-refractivity contribution in [3.63, 3.8) is 0 Å². The van der Waals surface area contributed by atoms with E-state index in [2.05, 4.69) is 30.1 Å². The van der Waals surface area contributed by atoms with Gasteiger partial charge in [-0.3, -0.25) is 9.59 Å². The minimum atomic E-state index is -0.463. The van der Waals surface area contributed by atoms with Crippen molar-refractivity contribution < 1.29 is 19.5 Å². The quantitative estimate of drug-likeness (QED) is 0.124. The summed E-state index contributed by atoms with van der Waals surface area (Å²) >= 11 is 1.33. The molecular formula is C35H45N3O4S. The number of hydrogen-bond donors (Lipinski definition) is 4. The summed E-state index contributed by atoms with van der Waals surface area (Å²) in [6.07, 6.45) is 9.48. The first-order chi connectivity index (χ1) is 20.8. The van der Waals surface area contributed by atoms with E-state index in [1.165, 1.54) is 29.3 Å². The van der Waals surface area contributed by atoms with E-state index < -0.39 is 6.04 Å². The second-order valence-electron chi connectivity index (χ2n) is 10.6. The van der Waals surface area contributed by atoms with E-state index >= 15 is 0 Å². The van der Waals surface area contributed by atoms with Crippen LogP contribution in [-0.2, 0) is 33.6 Å². The highest BCUT2D eigenvalue weighted by Crippen LogP contribution is 2.20. The molecular weight excluding hydrogens is 558 g/mol. The number of unbranched alkanes of at least 4 members (excludes halogenated alkanes) is 2. The number of carbonyl (C=O) groups is 3. The summed E-state index contributed by atoms with van der Waals surface area (Å²) in [5.74, 6) is 1.28. The van der Waals surface area contributed by atoms with Gasteiger partial charge in [-0.05, 0) is 66.5 Å². The molecule has 0 saturated heterocycles. The monoisotopic (exact) mass is 603 g/mol. The molecule has 6 N–H and O–H groups in total. The summed E-state index contributed by atoms with van der Waals surface area (Å²) < 4.78 is 0. The molecule has 230 valence electrons. The van der Waals surface area contributed by atoms with Crippen LogP contribution in [0.25, 0.3) is 10.9 Å². The SMILES string of the molecule is C=O.C[C@H](CCCCCc1ccc(O)cc1)CC(N)=O.N[C@@H](Cc1c[nH]c2ccccc12)C(=O)SCCc1ccccc1. The van der Waals surface area contributed by atoms with E-state index in [1.807, 2.05) is 61.5 Å². The third-order valence-electron chi connectivity index (χ3n) is 7.04. The third-order valence-corrected chi connectivity index (χ3v) is 8.04. The second-order valence-corrected chi connectivity index (χ2v) is 11.7. The number of amides is 1. The number of hydrogen-bond acceptors (Lipinski definition) is 6. The number of para-hydroxylation sites is 1. The number of nitrogens with two attached hydrogens (primary N) is 2. The van der Waals surface area contributed by atoms with Gasteiger partial charge in [0, 0.05) is 29.3 Å². The summed E-state index contributed by atoms with van der Waals surface area (Å²) in [7, 11) is 0. The van der Waals surface area contributed by atoms with Gasteiger partial charge < -0.3 is 26.4 Å². The van der Waals surface area contributed by atoms with Crippen molar-refractivity contribution in [3.05, 3.63) is 102 Å². The second kappa shape index (κ2) is 20.1. The Morgan fingerprint density at radius 1 is 0.884 bits per heavy atom. The number of aryl methyl sites for hydroxylation is 2. The Bertz CT molecular complexity index is 1360. The molecule has 1 heterocycles. The first-order valence-corrected chi connectivity index (χ1v) is 15.7. The predicted octanol–water partition coefficient (Wildman–Crippen LogP) is 6.36. The smallest absolute Gasteiger partial charge is 0.217 e. The lowest BCUT2D eigenvalue weighted by Crippen LogP contribution is -2.30. The van der Waals surface area contributed by atoms with Crippen LogP contribution in [0.15, 0.2) is 85.1 Å². The Morgan fingerprint density at radius 2 is 1.53 bits per heavy atom. The maximum absolute atomic E-state index is 12.2. The van der Waals surface area contributed by atoms with E-state index in [9.17, 15) is 9.59 Å². The van der Waals surface area contributed by atoms with Gasteiger partial charge in [0.1, 0.15) is 12.5 Å². The molecule has 0 fully saturated rings. The van der Waals surface area contributed by atoms with Crippen molar-refractivity contribution in [2.75, 3.05) is 5.75 Å². The summed E-state index contributed by atoms with van der Waals surface area (Å²) in [6.45, 7) is 4.07. The molecule has 2 atom stereocenters. The van der Waals surface area contributed by atoms with Crippen LogP contribution in [0.2, 0.25) is 0 Å². The van der Waals surface area contributed by atoms with Crippen molar-refractivity contribution in [1.82, 2.24) is 4.98 Å². The number of aromatic hydroxyl groups is 1. The molecule has 1 amide bonds. The van der Waals surface area contributed by atoms with Gasteiger partial charge in [-0.25, -0.2) is 0 Å². The fraction of sp³-hybridized carbons (Fsp3) is 0.343. The third kappa shape index (κ3) is 13.8. The van der Waals surface area contributed by atoms with Crippen LogP contribution in [0.1, 0.15) is 55.7 Å². The van der Waals surface area contributed by atoms with E-state index in [0.717, 1.165) is 54.3 Å². The van der Waals surface area contributed by atoms with Gasteiger partial charge in [0.2, 0.25) is 11.0 Å². The molecule has 0 saturated carbocycles. The fourth-order valence-electron chi connectivity index (χ4n) is 4.75. The molecule has 4 aromatic rings. The number of aromatic nitrogens is 1. The normalized spacial score (nSPS) is 11.9. The van der Waals surface area contributed by atoms with Crippen LogP contribution in [0.5, 0.6) is 5.75 Å². The molecule has 7 nitrogen and oxygen atoms in total. The zero-order valence-corrected chi connectivity index (χ0v) is 25.9. The standard InChI is InChI=1S/C19H20N2OS.C15H23NO2.CH2O/c20-17(12-15-13-21-18-9-5-4-8-16(15)18)19(22)23-11-10-14-6-2-1-3-7-14;1-12(11-15(16)18)5-3-2-4-6-13-7-9-14(17)10-8-13;1-2/h1-9,13,17,21H,10-12,20H2;7-10,12,17H,2-6,11H2,1H3,(H2,16,18);1H2/t17-;12-;/m01./s1. The number of aromatic amines is 1. The van der Waals surface area contributed by atoms with Gasteiger partial charge in [0.25, 0.3) is 0 Å². The lowest BCUT2D eigenvalue weighted by molar-refractivity contribution is -0.118. The zero-order valence-electron chi connectivity index (χ0n) is 25.0. The highest BCUT2D eigenvalue weighted by atomic mass is 32.2. The maximum Gasteiger partial charge on any atom is 0.217 e. The number of H-pyrrole nitrogens is 1. The van der Waals surface area contributed by atoms with Gasteiger partial charge in [0.15, 0.2) is 0 Å². The van der Waals surface area contributed by atoms with Gasteiger partial charge in [-0.2, -0.15) is 0 Å². The molecule has 0 aliphatic heterocycles. The minimum absolute atomic E-state index is 0.0613. The lowest BCUT2D eigenvalue weighted by Gasteiger charge is -2.09. The first-order valence-electron chi connectivity index (χ1n) is 14.7. The molecule has 0 aliphatic rings. The number of fused-ring (bicyclic) bond motifs is 1. The number of benzene rings is 3. The molecule has 3 aromatic carbocycles. The lowest BCUT2D eigenvalue weighted by atomic mass is 9.98. The highest BCUT2D eigenvalue weighted by Gasteiger charge is 2.16. The number of carbonyl (C=O) groups excluding carboxylic acids is 3. The molecule has 1 aromatic heterocycles. The minimum Gasteiger partial charge on any atom is -0.508 e. The Morgan fingerprint density at radius 3 is 2.23 bits per heavy atom.